The first-order valence-corrected chi connectivity index (χ1v) is 10.5. The van der Waals surface area contributed by atoms with Crippen LogP contribution in [0.25, 0.3) is 0 Å². The van der Waals surface area contributed by atoms with Crippen molar-refractivity contribution >= 4 is 6.21 Å². The van der Waals surface area contributed by atoms with Crippen LogP contribution in [0.15, 0.2) is 17.4 Å². The lowest BCUT2D eigenvalue weighted by Crippen LogP contribution is -2.73. The van der Waals surface area contributed by atoms with Gasteiger partial charge in [-0.3, -0.25) is 9.48 Å². The van der Waals surface area contributed by atoms with Gasteiger partial charge in [0.05, 0.1) is 12.4 Å². The molecule has 0 aromatic heterocycles. The van der Waals surface area contributed by atoms with Gasteiger partial charge in [-0.15, -0.1) is 0 Å². The summed E-state index contributed by atoms with van der Waals surface area (Å²) in [6.45, 7) is 11.3. The Morgan fingerprint density at radius 3 is 1.58 bits per heavy atom. The molecule has 2 fully saturated rings. The Labute approximate surface area is 150 Å². The van der Waals surface area contributed by atoms with Crippen molar-refractivity contribution in [2.75, 3.05) is 6.54 Å². The molecule has 0 unspecified atom stereocenters. The highest BCUT2D eigenvalue weighted by Gasteiger charge is 2.58. The molecule has 0 saturated heterocycles. The Morgan fingerprint density at radius 2 is 1.21 bits per heavy atom. The zero-order chi connectivity index (χ0) is 17.3. The fourth-order valence-electron chi connectivity index (χ4n) is 6.32. The van der Waals surface area contributed by atoms with Crippen LogP contribution in [0.2, 0.25) is 0 Å². The molecule has 2 heteroatoms. The average molecular weight is 332 g/mol. The molecule has 2 aliphatic carbocycles. The van der Waals surface area contributed by atoms with E-state index in [1.165, 1.54) is 64.2 Å². The smallest absolute Gasteiger partial charge is 0.120 e. The monoisotopic (exact) mass is 331 g/mol. The highest BCUT2D eigenvalue weighted by Crippen LogP contribution is 2.50. The molecule has 136 valence electrons. The minimum atomic E-state index is 0.282. The largest absolute Gasteiger partial charge is 0.282 e. The van der Waals surface area contributed by atoms with Crippen LogP contribution in [0.4, 0.5) is 0 Å². The summed E-state index contributed by atoms with van der Waals surface area (Å²) in [5.41, 5.74) is 0.564. The molecule has 0 aromatic carbocycles. The number of hydrogen-bond donors (Lipinski definition) is 0. The van der Waals surface area contributed by atoms with E-state index in [-0.39, 0.29) is 11.1 Å². The number of rotatable bonds is 4. The first-order chi connectivity index (χ1) is 11.4. The van der Waals surface area contributed by atoms with E-state index in [0.29, 0.717) is 0 Å². The van der Waals surface area contributed by atoms with Crippen molar-refractivity contribution in [2.45, 2.75) is 103 Å². The zero-order valence-corrected chi connectivity index (χ0v) is 16.6. The Balaban J connectivity index is 1.97. The molecule has 0 radical (unpaired) electrons. The fraction of sp³-hybridized carbons (Fsp3) is 0.864. The van der Waals surface area contributed by atoms with E-state index in [1.807, 2.05) is 0 Å². The van der Waals surface area contributed by atoms with Crippen molar-refractivity contribution in [1.82, 2.24) is 0 Å². The molecule has 1 aliphatic heterocycles. The summed E-state index contributed by atoms with van der Waals surface area (Å²) in [6.07, 6.45) is 21.0. The lowest BCUT2D eigenvalue weighted by molar-refractivity contribution is -0.972. The molecule has 0 N–H and O–H groups in total. The van der Waals surface area contributed by atoms with Gasteiger partial charge in [0.1, 0.15) is 23.8 Å². The quantitative estimate of drug-likeness (QED) is 0.554. The molecule has 0 bridgehead atoms. The fourth-order valence-corrected chi connectivity index (χ4v) is 6.32. The molecular formula is C22H39N2+. The summed E-state index contributed by atoms with van der Waals surface area (Å²) >= 11 is 0. The SMILES string of the molecule is CC(C)(C1CCCCC1)[N+]1(C(C)(C)C2CCCCC2)C=CN=CC1. The second-order valence-corrected chi connectivity index (χ2v) is 9.66. The van der Waals surface area contributed by atoms with Crippen LogP contribution in [0, 0.1) is 11.8 Å². The molecule has 3 aliphatic rings. The third-order valence-electron chi connectivity index (χ3n) is 8.15. The third-order valence-corrected chi connectivity index (χ3v) is 8.15. The van der Waals surface area contributed by atoms with Crippen LogP contribution in [0.5, 0.6) is 0 Å². The van der Waals surface area contributed by atoms with Gasteiger partial charge in [-0.2, -0.15) is 0 Å². The summed E-state index contributed by atoms with van der Waals surface area (Å²) in [5, 5.41) is 0. The molecule has 0 amide bonds. The Kier molecular flexibility index (Phi) is 5.25. The number of aliphatic imine (C=N–C) groups is 1. The minimum absolute atomic E-state index is 0.282. The van der Waals surface area contributed by atoms with E-state index >= 15 is 0 Å². The molecular weight excluding hydrogens is 292 g/mol. The van der Waals surface area contributed by atoms with Gasteiger partial charge in [-0.05, 0) is 53.4 Å². The second kappa shape index (κ2) is 6.94. The van der Waals surface area contributed by atoms with E-state index in [4.69, 9.17) is 0 Å². The summed E-state index contributed by atoms with van der Waals surface area (Å²) in [6, 6.07) is 0. The first kappa shape index (κ1) is 18.2. The standard InChI is InChI=1S/C22H39N2/c1-21(2,19-11-7-5-8-12-19)24(17-15-23-16-18-24)22(3,4)20-13-9-6-10-14-20/h15-17,19-20H,5-14,18H2,1-4H3/q+1. The maximum Gasteiger partial charge on any atom is 0.120 e. The van der Waals surface area contributed by atoms with Gasteiger partial charge in [0.25, 0.3) is 0 Å². The third kappa shape index (κ3) is 2.89. The maximum absolute atomic E-state index is 4.47. The maximum atomic E-state index is 4.47. The second-order valence-electron chi connectivity index (χ2n) is 9.66. The Hall–Kier alpha value is -0.630. The summed E-state index contributed by atoms with van der Waals surface area (Å²) in [4.78, 5) is 4.47. The van der Waals surface area contributed by atoms with Gasteiger partial charge in [-0.1, -0.05) is 38.5 Å². The van der Waals surface area contributed by atoms with Crippen LogP contribution < -0.4 is 0 Å². The van der Waals surface area contributed by atoms with Crippen LogP contribution in [0.1, 0.15) is 91.9 Å². The van der Waals surface area contributed by atoms with Crippen molar-refractivity contribution in [1.29, 1.82) is 0 Å². The van der Waals surface area contributed by atoms with Gasteiger partial charge in [-0.25, -0.2) is 0 Å². The molecule has 1 heterocycles. The lowest BCUT2D eigenvalue weighted by atomic mass is 9.67. The number of quaternary nitrogens is 1. The minimum Gasteiger partial charge on any atom is -0.282 e. The highest BCUT2D eigenvalue weighted by molar-refractivity contribution is 5.60. The molecule has 3 rings (SSSR count). The lowest BCUT2D eigenvalue weighted by Gasteiger charge is -2.62. The van der Waals surface area contributed by atoms with E-state index in [2.05, 4.69) is 51.3 Å². The molecule has 2 saturated carbocycles. The van der Waals surface area contributed by atoms with Crippen molar-refractivity contribution in [2.24, 2.45) is 16.8 Å². The molecule has 0 aromatic rings. The Morgan fingerprint density at radius 1 is 0.750 bits per heavy atom. The van der Waals surface area contributed by atoms with Crippen molar-refractivity contribution < 1.29 is 4.48 Å². The van der Waals surface area contributed by atoms with E-state index in [1.54, 1.807) is 0 Å². The predicted molar refractivity (Wildman–Crippen MR) is 104 cm³/mol. The molecule has 2 nitrogen and oxygen atoms in total. The predicted octanol–water partition coefficient (Wildman–Crippen LogP) is 6.08. The average Bonchev–Trinajstić information content (AvgIpc) is 2.63. The zero-order valence-electron chi connectivity index (χ0n) is 16.6. The highest BCUT2D eigenvalue weighted by atomic mass is 15.5. The van der Waals surface area contributed by atoms with Gasteiger partial charge in [0.15, 0.2) is 0 Å². The van der Waals surface area contributed by atoms with Gasteiger partial charge in [0.2, 0.25) is 0 Å². The van der Waals surface area contributed by atoms with Gasteiger partial charge >= 0.3 is 0 Å². The van der Waals surface area contributed by atoms with Crippen molar-refractivity contribution in [3.63, 3.8) is 0 Å². The van der Waals surface area contributed by atoms with Crippen LogP contribution >= 0.6 is 0 Å². The van der Waals surface area contributed by atoms with E-state index in [9.17, 15) is 0 Å². The van der Waals surface area contributed by atoms with Crippen molar-refractivity contribution in [3.8, 4) is 0 Å². The number of hydrogen-bond acceptors (Lipinski definition) is 1. The summed E-state index contributed by atoms with van der Waals surface area (Å²) < 4.78 is 1.11. The van der Waals surface area contributed by atoms with Crippen LogP contribution in [0.3, 0.4) is 0 Å². The number of nitrogens with zero attached hydrogens (tertiary/aromatic N) is 2. The van der Waals surface area contributed by atoms with Crippen LogP contribution in [-0.4, -0.2) is 28.3 Å². The first-order valence-electron chi connectivity index (χ1n) is 10.5. The van der Waals surface area contributed by atoms with Crippen LogP contribution in [-0.2, 0) is 0 Å². The summed E-state index contributed by atoms with van der Waals surface area (Å²) in [5.74, 6) is 1.68. The van der Waals surface area contributed by atoms with E-state index < -0.39 is 0 Å². The molecule has 24 heavy (non-hydrogen) atoms. The van der Waals surface area contributed by atoms with E-state index in [0.717, 1.165) is 22.9 Å². The van der Waals surface area contributed by atoms with Gasteiger partial charge < -0.3 is 0 Å². The molecule has 0 spiro atoms. The topological polar surface area (TPSA) is 12.4 Å². The van der Waals surface area contributed by atoms with Crippen molar-refractivity contribution in [3.05, 3.63) is 12.4 Å². The summed E-state index contributed by atoms with van der Waals surface area (Å²) in [7, 11) is 0. The molecule has 0 atom stereocenters. The normalized spacial score (nSPS) is 26.7. The Bertz CT molecular complexity index is 444. The van der Waals surface area contributed by atoms with Gasteiger partial charge in [0, 0.05) is 11.8 Å².